The van der Waals surface area contributed by atoms with Crippen molar-refractivity contribution in [3.05, 3.63) is 59.7 Å². The summed E-state index contributed by atoms with van der Waals surface area (Å²) in [6.45, 7) is 4.37. The van der Waals surface area contributed by atoms with Gasteiger partial charge >= 0.3 is 0 Å². The Hall–Kier alpha value is -2.33. The number of aryl methyl sites for hydroxylation is 1. The monoisotopic (exact) mass is 324 g/mol. The highest BCUT2D eigenvalue weighted by atomic mass is 16.5. The fourth-order valence-corrected chi connectivity index (χ4v) is 2.92. The van der Waals surface area contributed by atoms with Crippen molar-refractivity contribution < 1.29 is 9.53 Å². The first-order chi connectivity index (χ1) is 11.7. The lowest BCUT2D eigenvalue weighted by molar-refractivity contribution is -0.120. The molecule has 0 saturated carbocycles. The van der Waals surface area contributed by atoms with E-state index in [0.29, 0.717) is 6.61 Å². The van der Waals surface area contributed by atoms with Crippen LogP contribution in [0.25, 0.3) is 0 Å². The maximum atomic E-state index is 12.3. The number of ether oxygens (including phenoxy) is 1. The van der Waals surface area contributed by atoms with E-state index in [1.165, 1.54) is 11.1 Å². The van der Waals surface area contributed by atoms with Crippen molar-refractivity contribution in [2.24, 2.45) is 5.92 Å². The lowest BCUT2D eigenvalue weighted by Gasteiger charge is -2.22. The summed E-state index contributed by atoms with van der Waals surface area (Å²) in [6, 6.07) is 15.8. The van der Waals surface area contributed by atoms with E-state index in [4.69, 9.17) is 4.74 Å². The highest BCUT2D eigenvalue weighted by Gasteiger charge is 2.20. The van der Waals surface area contributed by atoms with Crippen LogP contribution in [0.3, 0.4) is 0 Å². The first kappa shape index (κ1) is 16.5. The average molecular weight is 324 g/mol. The normalized spacial score (nSPS) is 17.3. The standard InChI is InChI=1S/C20H24N2O2/c1-15-6-2-3-7-17(15)14-24-19-10-4-9-18(12-19)22-20(23)16-8-5-11-21-13-16/h2-4,6-7,9-10,12,16,21H,5,8,11,13-14H2,1H3,(H,22,23). The van der Waals surface area contributed by atoms with Gasteiger partial charge in [0.15, 0.2) is 0 Å². The Balaban J connectivity index is 1.59. The quantitative estimate of drug-likeness (QED) is 0.885. The number of benzene rings is 2. The minimum atomic E-state index is 0.0512. The maximum Gasteiger partial charge on any atom is 0.228 e. The Morgan fingerprint density at radius 3 is 2.92 bits per heavy atom. The summed E-state index contributed by atoms with van der Waals surface area (Å²) in [4.78, 5) is 12.3. The van der Waals surface area contributed by atoms with E-state index >= 15 is 0 Å². The number of anilines is 1. The Bertz CT molecular complexity index is 694. The van der Waals surface area contributed by atoms with Gasteiger partial charge in [-0.3, -0.25) is 4.79 Å². The minimum Gasteiger partial charge on any atom is -0.489 e. The largest absolute Gasteiger partial charge is 0.489 e. The van der Waals surface area contributed by atoms with Gasteiger partial charge in [-0.25, -0.2) is 0 Å². The number of piperidine rings is 1. The minimum absolute atomic E-state index is 0.0512. The molecule has 0 bridgehead atoms. The molecule has 0 spiro atoms. The fraction of sp³-hybridized carbons (Fsp3) is 0.350. The van der Waals surface area contributed by atoms with Crippen LogP contribution < -0.4 is 15.4 Å². The van der Waals surface area contributed by atoms with Gasteiger partial charge in [0.05, 0.1) is 5.92 Å². The van der Waals surface area contributed by atoms with Crippen molar-refractivity contribution in [3.8, 4) is 5.75 Å². The third-order valence-electron chi connectivity index (χ3n) is 4.42. The smallest absolute Gasteiger partial charge is 0.228 e. The molecule has 1 amide bonds. The molecule has 1 fully saturated rings. The van der Waals surface area contributed by atoms with E-state index in [-0.39, 0.29) is 11.8 Å². The van der Waals surface area contributed by atoms with Gasteiger partial charge in [-0.15, -0.1) is 0 Å². The summed E-state index contributed by atoms with van der Waals surface area (Å²) in [5.74, 6) is 0.895. The molecule has 1 aliphatic rings. The van der Waals surface area contributed by atoms with Crippen molar-refractivity contribution in [2.45, 2.75) is 26.4 Å². The van der Waals surface area contributed by atoms with Crippen LogP contribution in [0.1, 0.15) is 24.0 Å². The molecular weight excluding hydrogens is 300 g/mol. The molecule has 1 aliphatic heterocycles. The van der Waals surface area contributed by atoms with E-state index in [1.807, 2.05) is 36.4 Å². The number of carbonyl (C=O) groups excluding carboxylic acids is 1. The average Bonchev–Trinajstić information content (AvgIpc) is 2.62. The zero-order chi connectivity index (χ0) is 16.8. The molecule has 0 aliphatic carbocycles. The first-order valence-electron chi connectivity index (χ1n) is 8.51. The molecule has 4 nitrogen and oxygen atoms in total. The van der Waals surface area contributed by atoms with E-state index in [9.17, 15) is 4.79 Å². The molecule has 2 N–H and O–H groups in total. The summed E-state index contributed by atoms with van der Waals surface area (Å²) >= 11 is 0. The van der Waals surface area contributed by atoms with Crippen LogP contribution in [0.5, 0.6) is 5.75 Å². The maximum absolute atomic E-state index is 12.3. The molecule has 2 aromatic carbocycles. The predicted octanol–water partition coefficient (Wildman–Crippen LogP) is 3.51. The summed E-state index contributed by atoms with van der Waals surface area (Å²) in [5.41, 5.74) is 3.17. The van der Waals surface area contributed by atoms with Crippen LogP contribution in [0.2, 0.25) is 0 Å². The van der Waals surface area contributed by atoms with Crippen LogP contribution in [0, 0.1) is 12.8 Å². The van der Waals surface area contributed by atoms with Crippen LogP contribution in [-0.2, 0) is 11.4 Å². The van der Waals surface area contributed by atoms with Crippen molar-refractivity contribution in [2.75, 3.05) is 18.4 Å². The second-order valence-corrected chi connectivity index (χ2v) is 6.28. The topological polar surface area (TPSA) is 50.4 Å². The molecule has 0 aromatic heterocycles. The third-order valence-corrected chi connectivity index (χ3v) is 4.42. The Morgan fingerprint density at radius 1 is 1.25 bits per heavy atom. The Labute approximate surface area is 143 Å². The zero-order valence-corrected chi connectivity index (χ0v) is 14.0. The van der Waals surface area contributed by atoms with Gasteiger partial charge < -0.3 is 15.4 Å². The molecule has 3 rings (SSSR count). The van der Waals surface area contributed by atoms with Gasteiger partial charge in [-0.1, -0.05) is 30.3 Å². The second-order valence-electron chi connectivity index (χ2n) is 6.28. The van der Waals surface area contributed by atoms with Crippen LogP contribution in [0.4, 0.5) is 5.69 Å². The Kier molecular flexibility index (Phi) is 5.49. The highest BCUT2D eigenvalue weighted by Crippen LogP contribution is 2.21. The highest BCUT2D eigenvalue weighted by molar-refractivity contribution is 5.92. The summed E-state index contributed by atoms with van der Waals surface area (Å²) in [5, 5.41) is 6.27. The van der Waals surface area contributed by atoms with E-state index in [1.54, 1.807) is 0 Å². The van der Waals surface area contributed by atoms with Gasteiger partial charge in [0.1, 0.15) is 12.4 Å². The zero-order valence-electron chi connectivity index (χ0n) is 14.0. The Morgan fingerprint density at radius 2 is 2.12 bits per heavy atom. The van der Waals surface area contributed by atoms with Crippen LogP contribution >= 0.6 is 0 Å². The lowest BCUT2D eigenvalue weighted by Crippen LogP contribution is -2.37. The second kappa shape index (κ2) is 7.97. The van der Waals surface area contributed by atoms with Gasteiger partial charge in [-0.2, -0.15) is 0 Å². The van der Waals surface area contributed by atoms with E-state index in [2.05, 4.69) is 29.7 Å². The van der Waals surface area contributed by atoms with Crippen molar-refractivity contribution >= 4 is 11.6 Å². The molecular formula is C20H24N2O2. The molecule has 1 unspecified atom stereocenters. The third kappa shape index (κ3) is 4.36. The number of amides is 1. The molecule has 126 valence electrons. The summed E-state index contributed by atoms with van der Waals surface area (Å²) in [7, 11) is 0. The van der Waals surface area contributed by atoms with Crippen molar-refractivity contribution in [1.29, 1.82) is 0 Å². The van der Waals surface area contributed by atoms with Crippen LogP contribution in [0.15, 0.2) is 48.5 Å². The van der Waals surface area contributed by atoms with Gasteiger partial charge in [0.25, 0.3) is 0 Å². The SMILES string of the molecule is Cc1ccccc1COc1cccc(NC(=O)C2CCCNC2)c1. The number of hydrogen-bond acceptors (Lipinski definition) is 3. The van der Waals surface area contributed by atoms with E-state index in [0.717, 1.165) is 37.4 Å². The number of carbonyl (C=O) groups is 1. The van der Waals surface area contributed by atoms with Gasteiger partial charge in [-0.05, 0) is 49.6 Å². The van der Waals surface area contributed by atoms with Crippen LogP contribution in [-0.4, -0.2) is 19.0 Å². The number of hydrogen-bond donors (Lipinski definition) is 2. The van der Waals surface area contributed by atoms with Crippen molar-refractivity contribution in [1.82, 2.24) is 5.32 Å². The first-order valence-corrected chi connectivity index (χ1v) is 8.51. The number of nitrogens with one attached hydrogen (secondary N) is 2. The molecule has 2 aromatic rings. The lowest BCUT2D eigenvalue weighted by atomic mass is 9.99. The molecule has 1 heterocycles. The molecule has 24 heavy (non-hydrogen) atoms. The molecule has 4 heteroatoms. The van der Waals surface area contributed by atoms with Gasteiger partial charge in [0, 0.05) is 18.3 Å². The number of rotatable bonds is 5. The fourth-order valence-electron chi connectivity index (χ4n) is 2.92. The molecule has 1 saturated heterocycles. The summed E-state index contributed by atoms with van der Waals surface area (Å²) < 4.78 is 5.88. The molecule has 0 radical (unpaired) electrons. The predicted molar refractivity (Wildman–Crippen MR) is 96.2 cm³/mol. The summed E-state index contributed by atoms with van der Waals surface area (Å²) in [6.07, 6.45) is 2.00. The molecule has 1 atom stereocenters. The van der Waals surface area contributed by atoms with Crippen molar-refractivity contribution in [3.63, 3.8) is 0 Å². The van der Waals surface area contributed by atoms with Gasteiger partial charge in [0.2, 0.25) is 5.91 Å². The van der Waals surface area contributed by atoms with E-state index < -0.39 is 0 Å².